The maximum absolute atomic E-state index is 13.8. The summed E-state index contributed by atoms with van der Waals surface area (Å²) in [7, 11) is -2.13. The summed E-state index contributed by atoms with van der Waals surface area (Å²) >= 11 is 0. The quantitative estimate of drug-likeness (QED) is 0.259. The molecule has 1 N–H and O–H groups in total. The second kappa shape index (κ2) is 13.3. The van der Waals surface area contributed by atoms with Crippen molar-refractivity contribution in [1.29, 1.82) is 0 Å². The van der Waals surface area contributed by atoms with Gasteiger partial charge in [-0.1, -0.05) is 84.0 Å². The van der Waals surface area contributed by atoms with Crippen molar-refractivity contribution in [3.05, 3.63) is 35.9 Å². The van der Waals surface area contributed by atoms with E-state index in [0.29, 0.717) is 12.8 Å². The van der Waals surface area contributed by atoms with Crippen LogP contribution in [0.1, 0.15) is 93.9 Å². The van der Waals surface area contributed by atoms with Gasteiger partial charge in [-0.2, -0.15) is 0 Å². The summed E-state index contributed by atoms with van der Waals surface area (Å²) in [5.41, 5.74) is -0.361. The number of oxime groups is 1. The number of nitrogens with zero attached hydrogens (tertiary/aromatic N) is 1. The highest BCUT2D eigenvalue weighted by molar-refractivity contribution is 6.73. The number of hydrogen-bond donors (Lipinski definition) is 1. The van der Waals surface area contributed by atoms with Crippen LogP contribution in [0.4, 0.5) is 0 Å². The monoisotopic (exact) mass is 617 g/mol. The predicted molar refractivity (Wildman–Crippen MR) is 170 cm³/mol. The molecule has 3 heterocycles. The van der Waals surface area contributed by atoms with Gasteiger partial charge in [-0.15, -0.1) is 0 Å². The first-order chi connectivity index (χ1) is 20.3. The number of rotatable bonds is 7. The molecule has 3 aliphatic heterocycles. The Morgan fingerprint density at radius 2 is 1.58 bits per heavy atom. The number of esters is 1. The van der Waals surface area contributed by atoms with Gasteiger partial charge < -0.3 is 28.6 Å². The lowest BCUT2D eigenvalue weighted by molar-refractivity contribution is -0.309. The molecule has 2 saturated heterocycles. The van der Waals surface area contributed by atoms with Crippen LogP contribution in [0.5, 0.6) is 0 Å². The fourth-order valence-corrected chi connectivity index (χ4v) is 11.1. The predicted octanol–water partition coefficient (Wildman–Crippen LogP) is 7.03. The van der Waals surface area contributed by atoms with Crippen molar-refractivity contribution in [3.8, 4) is 0 Å². The van der Waals surface area contributed by atoms with E-state index in [9.17, 15) is 9.90 Å². The number of aliphatic hydroxyl groups is 1. The second-order valence-electron chi connectivity index (χ2n) is 13.7. The molecule has 0 saturated carbocycles. The number of benzene rings is 1. The van der Waals surface area contributed by atoms with E-state index in [4.69, 9.17) is 23.5 Å². The van der Waals surface area contributed by atoms with E-state index < -0.39 is 56.0 Å². The van der Waals surface area contributed by atoms with Crippen LogP contribution in [0, 0.1) is 23.7 Å². The van der Waals surface area contributed by atoms with E-state index in [1.807, 2.05) is 51.1 Å². The Labute approximate surface area is 260 Å². The first kappa shape index (κ1) is 34.1. The molecule has 2 fully saturated rings. The average Bonchev–Trinajstić information content (AvgIpc) is 3.40. The largest absolute Gasteiger partial charge is 0.459 e. The molecule has 3 aliphatic rings. The molecule has 1 aromatic rings. The van der Waals surface area contributed by atoms with E-state index in [0.717, 1.165) is 29.4 Å². The van der Waals surface area contributed by atoms with E-state index in [1.54, 1.807) is 6.92 Å². The minimum atomic E-state index is -2.13. The standard InChI is InChI=1S/C34H55NO7Si/c1-11-26-34(10,37)30-22(6)27(35-41-30)21(5)20-33(9,42-43(12-2,13-3)14-4)29-23(7)28(24(8)31(36)38-26)39-32(40-29)25-18-16-15-17-19-25/h15-19,21-24,26,28-30,32,37H,11-14,20H2,1-10H3/t21-,22+,23+,24-,26-,28+,29-,30-,32?,33-,34-/m1/s1. The van der Waals surface area contributed by atoms with E-state index in [-0.39, 0.29) is 23.9 Å². The van der Waals surface area contributed by atoms with Crippen molar-refractivity contribution >= 4 is 20.0 Å². The minimum absolute atomic E-state index is 0.00618. The first-order valence-electron chi connectivity index (χ1n) is 16.5. The van der Waals surface area contributed by atoms with Gasteiger partial charge in [0, 0.05) is 23.3 Å². The summed E-state index contributed by atoms with van der Waals surface area (Å²) in [6.07, 6.45) is -1.85. The lowest BCUT2D eigenvalue weighted by Crippen LogP contribution is -2.61. The highest BCUT2D eigenvalue weighted by Gasteiger charge is 2.56. The molecule has 4 rings (SSSR count). The van der Waals surface area contributed by atoms with Crippen LogP contribution in [-0.4, -0.2) is 60.7 Å². The molecule has 0 radical (unpaired) electrons. The summed E-state index contributed by atoms with van der Waals surface area (Å²) in [4.78, 5) is 19.8. The van der Waals surface area contributed by atoms with Gasteiger partial charge in [0.2, 0.25) is 0 Å². The lowest BCUT2D eigenvalue weighted by Gasteiger charge is -2.53. The normalized spacial score (nSPS) is 40.7. The Morgan fingerprint density at radius 3 is 2.16 bits per heavy atom. The van der Waals surface area contributed by atoms with Crippen LogP contribution >= 0.6 is 0 Å². The zero-order valence-electron chi connectivity index (χ0n) is 28.0. The van der Waals surface area contributed by atoms with Crippen molar-refractivity contribution in [2.75, 3.05) is 0 Å². The fourth-order valence-electron chi connectivity index (χ4n) is 7.94. The van der Waals surface area contributed by atoms with Crippen LogP contribution in [0.25, 0.3) is 0 Å². The van der Waals surface area contributed by atoms with Gasteiger partial charge in [0.1, 0.15) is 11.7 Å². The molecule has 0 spiro atoms. The summed E-state index contributed by atoms with van der Waals surface area (Å²) in [6.45, 7) is 20.7. The van der Waals surface area contributed by atoms with E-state index in [2.05, 4.69) is 46.7 Å². The number of carbonyl (C=O) groups excluding carboxylic acids is 1. The van der Waals surface area contributed by atoms with Crippen molar-refractivity contribution in [1.82, 2.24) is 0 Å². The Morgan fingerprint density at radius 1 is 0.953 bits per heavy atom. The highest BCUT2D eigenvalue weighted by Crippen LogP contribution is 2.47. The smallest absolute Gasteiger partial charge is 0.311 e. The Balaban J connectivity index is 1.87. The average molecular weight is 618 g/mol. The molecule has 9 heteroatoms. The molecule has 8 nitrogen and oxygen atoms in total. The molecular formula is C34H55NO7Si. The Hall–Kier alpha value is -1.78. The van der Waals surface area contributed by atoms with Gasteiger partial charge in [0.05, 0.1) is 29.4 Å². The molecular weight excluding hydrogens is 562 g/mol. The van der Waals surface area contributed by atoms with Crippen LogP contribution in [-0.2, 0) is 28.3 Å². The number of carbonyl (C=O) groups is 1. The molecule has 11 atom stereocenters. The zero-order valence-corrected chi connectivity index (χ0v) is 29.0. The van der Waals surface area contributed by atoms with Crippen LogP contribution in [0.2, 0.25) is 18.1 Å². The Bertz CT molecular complexity index is 1120. The SMILES string of the molecule is CC[C@H]1OC(=O)[C@H](C)[C@H]2OC(c3ccccc3)O[C@H]([C@H]2C)[C@](C)(O[Si](CC)(CC)CC)C[C@@H](C)C2=NO[C@H]([C@H]2C)[C@]1(C)O. The molecule has 4 bridgehead atoms. The van der Waals surface area contributed by atoms with Gasteiger partial charge in [0.15, 0.2) is 20.7 Å². The van der Waals surface area contributed by atoms with Crippen molar-refractivity contribution < 1.29 is 33.4 Å². The zero-order chi connectivity index (χ0) is 31.7. The molecule has 0 aliphatic carbocycles. The van der Waals surface area contributed by atoms with Crippen molar-refractivity contribution in [3.63, 3.8) is 0 Å². The third-order valence-corrected chi connectivity index (χ3v) is 15.5. The number of fused-ring (bicyclic) bond motifs is 4. The van der Waals surface area contributed by atoms with Gasteiger partial charge in [0.25, 0.3) is 0 Å². The van der Waals surface area contributed by atoms with Crippen LogP contribution in [0.15, 0.2) is 35.5 Å². The highest BCUT2D eigenvalue weighted by atomic mass is 28.4. The molecule has 242 valence electrons. The van der Waals surface area contributed by atoms with E-state index >= 15 is 0 Å². The number of hydrogen-bond acceptors (Lipinski definition) is 8. The summed E-state index contributed by atoms with van der Waals surface area (Å²) in [5, 5.41) is 16.4. The lowest BCUT2D eigenvalue weighted by atomic mass is 9.73. The van der Waals surface area contributed by atoms with E-state index in [1.165, 1.54) is 0 Å². The third-order valence-electron chi connectivity index (χ3n) is 10.7. The van der Waals surface area contributed by atoms with Crippen molar-refractivity contribution in [2.45, 2.75) is 142 Å². The second-order valence-corrected chi connectivity index (χ2v) is 18.4. The van der Waals surface area contributed by atoms with Crippen LogP contribution in [0.3, 0.4) is 0 Å². The van der Waals surface area contributed by atoms with Gasteiger partial charge in [-0.25, -0.2) is 0 Å². The topological polar surface area (TPSA) is 95.8 Å². The van der Waals surface area contributed by atoms with Gasteiger partial charge >= 0.3 is 5.97 Å². The molecule has 0 aromatic heterocycles. The number of ether oxygens (including phenoxy) is 3. The molecule has 1 aromatic carbocycles. The number of cyclic esters (lactones) is 1. The molecule has 43 heavy (non-hydrogen) atoms. The maximum Gasteiger partial charge on any atom is 0.311 e. The van der Waals surface area contributed by atoms with Gasteiger partial charge in [-0.05, 0) is 51.7 Å². The Kier molecular flexibility index (Phi) is 10.5. The maximum atomic E-state index is 13.8. The summed E-state index contributed by atoms with van der Waals surface area (Å²) in [6, 6.07) is 12.9. The summed E-state index contributed by atoms with van der Waals surface area (Å²) < 4.78 is 27.1. The molecule has 0 amide bonds. The van der Waals surface area contributed by atoms with Crippen molar-refractivity contribution in [2.24, 2.45) is 28.8 Å². The summed E-state index contributed by atoms with van der Waals surface area (Å²) in [5.74, 6) is -1.39. The third kappa shape index (κ3) is 6.48. The molecule has 1 unspecified atom stereocenters. The fraction of sp³-hybridized carbons (Fsp3) is 0.765. The van der Waals surface area contributed by atoms with Gasteiger partial charge in [-0.3, -0.25) is 4.79 Å². The first-order valence-corrected chi connectivity index (χ1v) is 19.0. The van der Waals surface area contributed by atoms with Crippen LogP contribution < -0.4 is 0 Å². The minimum Gasteiger partial charge on any atom is -0.459 e.